The minimum Gasteiger partial charge on any atom is -0.462 e. The summed E-state index contributed by atoms with van der Waals surface area (Å²) in [6.07, 6.45) is 57.1. The summed E-state index contributed by atoms with van der Waals surface area (Å²) >= 11 is 0. The normalized spacial score (nSPS) is 13.8. The van der Waals surface area contributed by atoms with E-state index in [4.69, 9.17) is 4.74 Å². The lowest BCUT2D eigenvalue weighted by Crippen LogP contribution is -2.46. The van der Waals surface area contributed by atoms with Crippen molar-refractivity contribution in [1.82, 2.24) is 5.32 Å². The quantitative estimate of drug-likeness (QED) is 0.0246. The molecular formula is C53H95NO5. The van der Waals surface area contributed by atoms with Crippen LogP contribution in [-0.4, -0.2) is 46.9 Å². The predicted molar refractivity (Wildman–Crippen MR) is 255 cm³/mol. The molecule has 0 aliphatic carbocycles. The van der Waals surface area contributed by atoms with E-state index in [0.717, 1.165) is 83.5 Å². The number of hydrogen-bond acceptors (Lipinski definition) is 5. The highest BCUT2D eigenvalue weighted by Crippen LogP contribution is 2.17. The Kier molecular flexibility index (Phi) is 44.7. The van der Waals surface area contributed by atoms with Gasteiger partial charge in [0.25, 0.3) is 0 Å². The summed E-state index contributed by atoms with van der Waals surface area (Å²) in [5.41, 5.74) is 0. The zero-order chi connectivity index (χ0) is 43.1. The molecule has 6 nitrogen and oxygen atoms in total. The van der Waals surface area contributed by atoms with Gasteiger partial charge < -0.3 is 20.3 Å². The molecule has 3 unspecified atom stereocenters. The third-order valence-electron chi connectivity index (χ3n) is 11.2. The summed E-state index contributed by atoms with van der Waals surface area (Å²) in [5.74, 6) is -0.534. The second-order valence-corrected chi connectivity index (χ2v) is 16.9. The topological polar surface area (TPSA) is 95.9 Å². The number of hydrogen-bond donors (Lipinski definition) is 3. The molecule has 342 valence electrons. The van der Waals surface area contributed by atoms with Crippen LogP contribution in [0.15, 0.2) is 60.8 Å². The molecule has 59 heavy (non-hydrogen) atoms. The van der Waals surface area contributed by atoms with E-state index in [1.165, 1.54) is 109 Å². The van der Waals surface area contributed by atoms with Gasteiger partial charge in [-0.25, -0.2) is 0 Å². The maximum atomic E-state index is 13.2. The fourth-order valence-electron chi connectivity index (χ4n) is 7.38. The summed E-state index contributed by atoms with van der Waals surface area (Å²) in [6.45, 7) is 6.32. The van der Waals surface area contributed by atoms with Gasteiger partial charge in [0.2, 0.25) is 5.91 Å². The highest BCUT2D eigenvalue weighted by molar-refractivity contribution is 5.77. The first-order chi connectivity index (χ1) is 29.0. The molecular weight excluding hydrogens is 731 g/mol. The summed E-state index contributed by atoms with van der Waals surface area (Å²) in [7, 11) is 0. The Balaban J connectivity index is 4.68. The molecule has 3 atom stereocenters. The molecule has 0 bridgehead atoms. The van der Waals surface area contributed by atoms with Crippen molar-refractivity contribution in [3.05, 3.63) is 60.8 Å². The molecule has 0 aromatic rings. The lowest BCUT2D eigenvalue weighted by Gasteiger charge is -2.24. The number of unbranched alkanes of at least 4 members (excludes halogenated alkanes) is 25. The van der Waals surface area contributed by atoms with Gasteiger partial charge in [-0.05, 0) is 70.6 Å². The molecule has 0 spiro atoms. The van der Waals surface area contributed by atoms with E-state index in [1.54, 1.807) is 0 Å². The SMILES string of the molecule is CC/C=C/C=C/C=C\C=C/CCCCCC(=O)OC(CCCCC/C=C/CCCCCCCCCCC)CC(=O)NC(CO)C(O)CCCCCCCCCCCCC. The van der Waals surface area contributed by atoms with Gasteiger partial charge in [0, 0.05) is 6.42 Å². The molecule has 0 aliphatic heterocycles. The van der Waals surface area contributed by atoms with E-state index in [1.807, 2.05) is 24.3 Å². The average molecular weight is 826 g/mol. The Hall–Kier alpha value is -2.44. The number of carbonyl (C=O) groups is 2. The van der Waals surface area contributed by atoms with E-state index >= 15 is 0 Å². The highest BCUT2D eigenvalue weighted by Gasteiger charge is 2.24. The molecule has 0 aromatic heterocycles. The van der Waals surface area contributed by atoms with Crippen LogP contribution in [0.1, 0.15) is 239 Å². The average Bonchev–Trinajstić information content (AvgIpc) is 3.23. The van der Waals surface area contributed by atoms with Crippen LogP contribution in [0.3, 0.4) is 0 Å². The van der Waals surface area contributed by atoms with Gasteiger partial charge in [0.05, 0.1) is 25.2 Å². The molecule has 0 saturated carbocycles. The highest BCUT2D eigenvalue weighted by atomic mass is 16.5. The van der Waals surface area contributed by atoms with Crippen molar-refractivity contribution in [2.24, 2.45) is 0 Å². The zero-order valence-corrected chi connectivity index (χ0v) is 38.9. The lowest BCUT2D eigenvalue weighted by atomic mass is 10.0. The number of nitrogens with one attached hydrogen (secondary N) is 1. The third-order valence-corrected chi connectivity index (χ3v) is 11.2. The standard InChI is InChI=1S/C53H95NO5/c1-4-7-10-13-16-19-22-24-25-26-28-30-32-35-38-41-44-49(59-53(58)46-43-40-37-34-31-27-23-20-17-14-11-8-5-2)47-52(57)54-50(48-55)51(56)45-42-39-36-33-29-21-18-15-12-9-6-3/h8,11,14,17,20,23,27-28,30-31,49-51,55-56H,4-7,9-10,12-13,15-16,18-19,21-22,24-26,29,32-48H2,1-3H3,(H,54,57)/b11-8+,17-14+,23-20-,30-28+,31-27-. The van der Waals surface area contributed by atoms with E-state index in [-0.39, 0.29) is 24.9 Å². The van der Waals surface area contributed by atoms with Crippen molar-refractivity contribution >= 4 is 11.9 Å². The van der Waals surface area contributed by atoms with E-state index in [2.05, 4.69) is 62.5 Å². The molecule has 0 aliphatic rings. The van der Waals surface area contributed by atoms with Crippen molar-refractivity contribution < 1.29 is 24.5 Å². The molecule has 0 heterocycles. The number of allylic oxidation sites excluding steroid dienone is 10. The molecule has 1 amide bonds. The van der Waals surface area contributed by atoms with Gasteiger partial charge in [-0.2, -0.15) is 0 Å². The number of esters is 1. The van der Waals surface area contributed by atoms with Crippen molar-refractivity contribution in [3.8, 4) is 0 Å². The molecule has 0 radical (unpaired) electrons. The van der Waals surface area contributed by atoms with Gasteiger partial charge >= 0.3 is 5.97 Å². The molecule has 0 saturated heterocycles. The van der Waals surface area contributed by atoms with Crippen LogP contribution >= 0.6 is 0 Å². The fourth-order valence-corrected chi connectivity index (χ4v) is 7.38. The first-order valence-corrected chi connectivity index (χ1v) is 25.1. The second-order valence-electron chi connectivity index (χ2n) is 16.9. The van der Waals surface area contributed by atoms with Crippen LogP contribution < -0.4 is 5.32 Å². The lowest BCUT2D eigenvalue weighted by molar-refractivity contribution is -0.151. The van der Waals surface area contributed by atoms with Crippen molar-refractivity contribution in [2.75, 3.05) is 6.61 Å². The van der Waals surface area contributed by atoms with Crippen molar-refractivity contribution in [3.63, 3.8) is 0 Å². The number of rotatable bonds is 44. The van der Waals surface area contributed by atoms with Crippen LogP contribution in [0.5, 0.6) is 0 Å². The number of carbonyl (C=O) groups excluding carboxylic acids is 2. The fraction of sp³-hybridized carbons (Fsp3) is 0.774. The minimum atomic E-state index is -0.799. The summed E-state index contributed by atoms with van der Waals surface area (Å²) in [6, 6.07) is -0.715. The monoisotopic (exact) mass is 826 g/mol. The smallest absolute Gasteiger partial charge is 0.306 e. The predicted octanol–water partition coefficient (Wildman–Crippen LogP) is 14.8. The second kappa shape index (κ2) is 46.6. The van der Waals surface area contributed by atoms with E-state index in [9.17, 15) is 19.8 Å². The molecule has 0 rings (SSSR count). The minimum absolute atomic E-state index is 0.0500. The number of ether oxygens (including phenoxy) is 1. The van der Waals surface area contributed by atoms with Gasteiger partial charge in [-0.15, -0.1) is 0 Å². The zero-order valence-electron chi connectivity index (χ0n) is 38.9. The molecule has 6 heteroatoms. The third kappa shape index (κ3) is 42.1. The number of aliphatic hydroxyl groups excluding tert-OH is 2. The van der Waals surface area contributed by atoms with E-state index < -0.39 is 18.2 Å². The Labute approximate surface area is 365 Å². The summed E-state index contributed by atoms with van der Waals surface area (Å²) in [4.78, 5) is 26.1. The van der Waals surface area contributed by atoms with Crippen LogP contribution in [0.25, 0.3) is 0 Å². The van der Waals surface area contributed by atoms with Crippen LogP contribution in [-0.2, 0) is 14.3 Å². The van der Waals surface area contributed by atoms with Crippen LogP contribution in [0, 0.1) is 0 Å². The Morgan fingerprint density at radius 3 is 1.46 bits per heavy atom. The van der Waals surface area contributed by atoms with Gasteiger partial charge in [-0.1, -0.05) is 216 Å². The maximum Gasteiger partial charge on any atom is 0.306 e. The summed E-state index contributed by atoms with van der Waals surface area (Å²) < 4.78 is 5.90. The Morgan fingerprint density at radius 2 is 0.932 bits per heavy atom. The first kappa shape index (κ1) is 56.6. The molecule has 0 aromatic carbocycles. The summed E-state index contributed by atoms with van der Waals surface area (Å²) in [5, 5.41) is 23.7. The number of aliphatic hydroxyl groups is 2. The number of amides is 1. The van der Waals surface area contributed by atoms with Crippen LogP contribution in [0.2, 0.25) is 0 Å². The van der Waals surface area contributed by atoms with Gasteiger partial charge in [-0.3, -0.25) is 9.59 Å². The van der Waals surface area contributed by atoms with Crippen molar-refractivity contribution in [1.29, 1.82) is 0 Å². The molecule has 3 N–H and O–H groups in total. The van der Waals surface area contributed by atoms with Crippen LogP contribution in [0.4, 0.5) is 0 Å². The Bertz CT molecular complexity index is 1060. The van der Waals surface area contributed by atoms with Gasteiger partial charge in [0.15, 0.2) is 0 Å². The Morgan fingerprint density at radius 1 is 0.508 bits per heavy atom. The van der Waals surface area contributed by atoms with E-state index in [0.29, 0.717) is 19.3 Å². The molecule has 0 fully saturated rings. The maximum absolute atomic E-state index is 13.2. The first-order valence-electron chi connectivity index (χ1n) is 25.1. The van der Waals surface area contributed by atoms with Crippen molar-refractivity contribution in [2.45, 2.75) is 257 Å². The largest absolute Gasteiger partial charge is 0.462 e. The van der Waals surface area contributed by atoms with Gasteiger partial charge in [0.1, 0.15) is 6.10 Å².